The van der Waals surface area contributed by atoms with Gasteiger partial charge in [0.15, 0.2) is 5.75 Å². The van der Waals surface area contributed by atoms with Gasteiger partial charge in [-0.05, 0) is 82.4 Å². The molecule has 3 rings (SSSR count). The summed E-state index contributed by atoms with van der Waals surface area (Å²) in [6, 6.07) is 15.4. The second-order valence-corrected chi connectivity index (χ2v) is 12.2. The quantitative estimate of drug-likeness (QED) is 0.0770. The summed E-state index contributed by atoms with van der Waals surface area (Å²) in [5, 5.41) is 3.78. The summed E-state index contributed by atoms with van der Waals surface area (Å²) in [7, 11) is 0. The Labute approximate surface area is 276 Å². The van der Waals surface area contributed by atoms with Crippen LogP contribution in [0.2, 0.25) is 0 Å². The molecule has 46 heavy (non-hydrogen) atoms. The van der Waals surface area contributed by atoms with Crippen LogP contribution < -0.4 is 20.3 Å². The van der Waals surface area contributed by atoms with Gasteiger partial charge in [0.1, 0.15) is 6.61 Å². The minimum atomic E-state index is -0.237. The van der Waals surface area contributed by atoms with Gasteiger partial charge in [0.2, 0.25) is 11.7 Å². The second-order valence-electron chi connectivity index (χ2n) is 12.2. The number of fused-ring (bicyclic) bond motifs is 1. The fourth-order valence-electron chi connectivity index (χ4n) is 5.25. The molecule has 6 heteroatoms. The molecule has 1 heterocycles. The topological polar surface area (TPSA) is 69.6 Å². The van der Waals surface area contributed by atoms with Crippen LogP contribution in [0.3, 0.4) is 0 Å². The van der Waals surface area contributed by atoms with E-state index in [9.17, 15) is 9.59 Å². The van der Waals surface area contributed by atoms with Crippen LogP contribution in [0, 0.1) is 0 Å². The highest BCUT2D eigenvalue weighted by Crippen LogP contribution is 2.35. The van der Waals surface area contributed by atoms with Crippen LogP contribution in [0.1, 0.15) is 104 Å². The summed E-state index contributed by atoms with van der Waals surface area (Å²) >= 11 is 0. The highest BCUT2D eigenvalue weighted by Gasteiger charge is 2.20. The van der Waals surface area contributed by atoms with E-state index in [1.165, 1.54) is 17.2 Å². The molecule has 1 N–H and O–H groups in total. The zero-order valence-electron chi connectivity index (χ0n) is 28.7. The number of nitrogens with zero attached hydrogens (tertiary/aromatic N) is 1. The molecular weight excluding hydrogens is 572 g/mol. The third-order valence-corrected chi connectivity index (χ3v) is 7.90. The molecule has 0 spiro atoms. The van der Waals surface area contributed by atoms with Gasteiger partial charge in [0, 0.05) is 23.7 Å². The Morgan fingerprint density at radius 1 is 0.848 bits per heavy atom. The predicted octanol–water partition coefficient (Wildman–Crippen LogP) is 10.3. The highest BCUT2D eigenvalue weighted by molar-refractivity contribution is 6.03. The SMILES string of the molecule is CCCCCCOc1c(OCC=C(C)CCC=C(C)C)c(=O)n(CCCCCC)c2cc(NC(=O)C=Cc3ccccc3)ccc12. The van der Waals surface area contributed by atoms with Crippen molar-refractivity contribution in [2.24, 2.45) is 0 Å². The maximum absolute atomic E-state index is 14.1. The number of benzene rings is 2. The lowest BCUT2D eigenvalue weighted by molar-refractivity contribution is -0.111. The zero-order valence-corrected chi connectivity index (χ0v) is 28.7. The van der Waals surface area contributed by atoms with Crippen molar-refractivity contribution in [3.05, 3.63) is 93.8 Å². The van der Waals surface area contributed by atoms with Crippen molar-refractivity contribution in [3.63, 3.8) is 0 Å². The van der Waals surface area contributed by atoms with Crippen LogP contribution in [0.15, 0.2) is 82.7 Å². The average Bonchev–Trinajstić information content (AvgIpc) is 3.04. The van der Waals surface area contributed by atoms with Crippen molar-refractivity contribution in [1.29, 1.82) is 0 Å². The van der Waals surface area contributed by atoms with Crippen LogP contribution in [0.25, 0.3) is 17.0 Å². The summed E-state index contributed by atoms with van der Waals surface area (Å²) in [6.45, 7) is 12.0. The molecule has 3 aromatic rings. The Morgan fingerprint density at radius 3 is 2.30 bits per heavy atom. The normalized spacial score (nSPS) is 11.6. The van der Waals surface area contributed by atoms with E-state index >= 15 is 0 Å². The van der Waals surface area contributed by atoms with E-state index in [1.54, 1.807) is 10.6 Å². The summed E-state index contributed by atoms with van der Waals surface area (Å²) in [4.78, 5) is 27.0. The number of aromatic nitrogens is 1. The Bertz CT molecular complexity index is 1530. The fraction of sp³-hybridized carbons (Fsp3) is 0.450. The van der Waals surface area contributed by atoms with Crippen molar-refractivity contribution in [3.8, 4) is 11.5 Å². The second kappa shape index (κ2) is 20.1. The molecule has 6 nitrogen and oxygen atoms in total. The smallest absolute Gasteiger partial charge is 0.297 e. The van der Waals surface area contributed by atoms with E-state index in [1.807, 2.05) is 48.5 Å². The van der Waals surface area contributed by atoms with Crippen molar-refractivity contribution in [1.82, 2.24) is 4.57 Å². The van der Waals surface area contributed by atoms with Crippen LogP contribution in [-0.4, -0.2) is 23.7 Å². The van der Waals surface area contributed by atoms with E-state index < -0.39 is 0 Å². The van der Waals surface area contributed by atoms with Gasteiger partial charge >= 0.3 is 0 Å². The summed E-state index contributed by atoms with van der Waals surface area (Å²) in [6.07, 6.45) is 17.9. The van der Waals surface area contributed by atoms with Gasteiger partial charge in [0.05, 0.1) is 12.1 Å². The molecule has 0 saturated heterocycles. The van der Waals surface area contributed by atoms with Crippen molar-refractivity contribution in [2.75, 3.05) is 18.5 Å². The standard InChI is InChI=1S/C40H54N2O4/c1-6-8-10-15-27-42-36-30-34(41-37(43)25-22-33-20-13-12-14-21-33)23-24-35(36)38(45-28-16-11-9-7-2)39(40(42)44)46-29-26-32(5)19-17-18-31(3)4/h12-14,18,20-26,30H,6-11,15-17,19,27-29H2,1-5H3,(H,41,43). The molecule has 1 aromatic heterocycles. The van der Waals surface area contributed by atoms with E-state index in [4.69, 9.17) is 9.47 Å². The molecular formula is C40H54N2O4. The van der Waals surface area contributed by atoms with Crippen molar-refractivity contribution >= 4 is 28.6 Å². The third kappa shape index (κ3) is 12.0. The molecule has 0 radical (unpaired) electrons. The van der Waals surface area contributed by atoms with Gasteiger partial charge in [-0.15, -0.1) is 0 Å². The number of carbonyl (C=O) groups is 1. The lowest BCUT2D eigenvalue weighted by Crippen LogP contribution is -2.24. The van der Waals surface area contributed by atoms with Gasteiger partial charge < -0.3 is 19.4 Å². The summed E-state index contributed by atoms with van der Waals surface area (Å²) in [5.41, 5.74) is 4.64. The number of rotatable bonds is 20. The number of hydrogen-bond donors (Lipinski definition) is 1. The average molecular weight is 627 g/mol. The van der Waals surface area contributed by atoms with Crippen LogP contribution >= 0.6 is 0 Å². The molecule has 0 aliphatic rings. The fourth-order valence-corrected chi connectivity index (χ4v) is 5.25. The minimum Gasteiger partial charge on any atom is -0.489 e. The number of aryl methyl sites for hydroxylation is 1. The van der Waals surface area contributed by atoms with Gasteiger partial charge in [0.25, 0.3) is 5.56 Å². The van der Waals surface area contributed by atoms with Crippen molar-refractivity contribution in [2.45, 2.75) is 105 Å². The number of unbranched alkanes of at least 4 members (excludes halogenated alkanes) is 6. The first kappa shape index (κ1) is 36.4. The largest absolute Gasteiger partial charge is 0.489 e. The molecule has 248 valence electrons. The molecule has 0 unspecified atom stereocenters. The molecule has 0 aliphatic carbocycles. The van der Waals surface area contributed by atoms with Crippen LogP contribution in [0.4, 0.5) is 5.69 Å². The Morgan fingerprint density at radius 2 is 1.59 bits per heavy atom. The van der Waals surface area contributed by atoms with E-state index in [-0.39, 0.29) is 17.2 Å². The number of carbonyl (C=O) groups excluding carboxylic acids is 1. The molecule has 0 bridgehead atoms. The Balaban J connectivity index is 1.98. The van der Waals surface area contributed by atoms with Gasteiger partial charge in [-0.25, -0.2) is 0 Å². The molecule has 0 aliphatic heterocycles. The van der Waals surface area contributed by atoms with Crippen LogP contribution in [0.5, 0.6) is 11.5 Å². The van der Waals surface area contributed by atoms with E-state index in [0.29, 0.717) is 31.2 Å². The first-order valence-corrected chi connectivity index (χ1v) is 17.1. The van der Waals surface area contributed by atoms with Gasteiger partial charge in [-0.2, -0.15) is 0 Å². The van der Waals surface area contributed by atoms with Gasteiger partial charge in [-0.3, -0.25) is 9.59 Å². The summed E-state index contributed by atoms with van der Waals surface area (Å²) in [5.74, 6) is 0.507. The highest BCUT2D eigenvalue weighted by atomic mass is 16.5. The van der Waals surface area contributed by atoms with Crippen molar-refractivity contribution < 1.29 is 14.3 Å². The first-order chi connectivity index (χ1) is 22.3. The third-order valence-electron chi connectivity index (χ3n) is 7.90. The summed E-state index contributed by atoms with van der Waals surface area (Å²) < 4.78 is 14.4. The number of hydrogen-bond acceptors (Lipinski definition) is 4. The molecule has 0 saturated carbocycles. The lowest BCUT2D eigenvalue weighted by Gasteiger charge is -2.19. The number of allylic oxidation sites excluding steroid dienone is 3. The number of anilines is 1. The minimum absolute atomic E-state index is 0.199. The molecule has 1 amide bonds. The first-order valence-electron chi connectivity index (χ1n) is 17.1. The predicted molar refractivity (Wildman–Crippen MR) is 194 cm³/mol. The van der Waals surface area contributed by atoms with E-state index in [2.05, 4.69) is 52.1 Å². The molecule has 2 aromatic carbocycles. The Hall–Kier alpha value is -4.06. The number of nitrogens with one attached hydrogen (secondary N) is 1. The number of ether oxygens (including phenoxy) is 2. The maximum atomic E-state index is 14.1. The Kier molecular flexibility index (Phi) is 15.9. The zero-order chi connectivity index (χ0) is 33.1. The van der Waals surface area contributed by atoms with Crippen LogP contribution in [-0.2, 0) is 11.3 Å². The number of pyridine rings is 1. The number of amides is 1. The molecule has 0 fully saturated rings. The maximum Gasteiger partial charge on any atom is 0.297 e. The van der Waals surface area contributed by atoms with Gasteiger partial charge in [-0.1, -0.05) is 99.9 Å². The van der Waals surface area contributed by atoms with E-state index in [0.717, 1.165) is 80.7 Å². The lowest BCUT2D eigenvalue weighted by atomic mass is 10.1. The monoisotopic (exact) mass is 626 g/mol. The molecule has 0 atom stereocenters.